The van der Waals surface area contributed by atoms with Crippen LogP contribution in [0.1, 0.15) is 18.9 Å². The van der Waals surface area contributed by atoms with Crippen molar-refractivity contribution in [1.29, 1.82) is 0 Å². The molecule has 0 spiro atoms. The normalized spacial score (nSPS) is 10.9. The van der Waals surface area contributed by atoms with E-state index in [0.29, 0.717) is 6.54 Å². The number of benzene rings is 2. The predicted molar refractivity (Wildman–Crippen MR) is 78.8 cm³/mol. The van der Waals surface area contributed by atoms with Crippen LogP contribution in [0.5, 0.6) is 0 Å². The molecule has 0 atom stereocenters. The van der Waals surface area contributed by atoms with Gasteiger partial charge in [0.15, 0.2) is 11.6 Å². The summed E-state index contributed by atoms with van der Waals surface area (Å²) in [5.41, 5.74) is 1.07. The van der Waals surface area contributed by atoms with Crippen molar-refractivity contribution in [2.75, 3.05) is 6.54 Å². The van der Waals surface area contributed by atoms with Crippen molar-refractivity contribution in [3.05, 3.63) is 58.4 Å². The molecule has 0 heterocycles. The fraction of sp³-hybridized carbons (Fsp3) is 0.250. The molecule has 1 N–H and O–H groups in total. The van der Waals surface area contributed by atoms with Gasteiger partial charge in [-0.1, -0.05) is 30.7 Å². The topological polar surface area (TPSA) is 12.0 Å². The summed E-state index contributed by atoms with van der Waals surface area (Å²) < 4.78 is 40.5. The van der Waals surface area contributed by atoms with Gasteiger partial charge < -0.3 is 5.32 Å². The summed E-state index contributed by atoms with van der Waals surface area (Å²) >= 11 is 5.86. The van der Waals surface area contributed by atoms with Crippen LogP contribution in [-0.2, 0) is 6.54 Å². The lowest BCUT2D eigenvalue weighted by Crippen LogP contribution is -2.13. The molecule has 2 aromatic rings. The van der Waals surface area contributed by atoms with Gasteiger partial charge in [0.05, 0.1) is 5.02 Å². The highest BCUT2D eigenvalue weighted by molar-refractivity contribution is 6.33. The molecule has 2 aromatic carbocycles. The van der Waals surface area contributed by atoms with Crippen molar-refractivity contribution in [2.24, 2.45) is 0 Å². The fourth-order valence-electron chi connectivity index (χ4n) is 2.03. The molecule has 2 rings (SSSR count). The largest absolute Gasteiger partial charge is 0.313 e. The number of nitrogens with one attached hydrogen (secondary N) is 1. The van der Waals surface area contributed by atoms with Gasteiger partial charge in [0.1, 0.15) is 5.82 Å². The fourth-order valence-corrected chi connectivity index (χ4v) is 2.28. The minimum atomic E-state index is -1.05. The molecule has 0 saturated carbocycles. The van der Waals surface area contributed by atoms with Crippen LogP contribution in [0.4, 0.5) is 13.2 Å². The van der Waals surface area contributed by atoms with E-state index in [1.807, 2.05) is 6.92 Å². The van der Waals surface area contributed by atoms with E-state index in [0.717, 1.165) is 30.7 Å². The van der Waals surface area contributed by atoms with E-state index in [1.54, 1.807) is 6.07 Å². The zero-order chi connectivity index (χ0) is 15.4. The smallest absolute Gasteiger partial charge is 0.160 e. The molecule has 0 amide bonds. The molecule has 0 saturated heterocycles. The Bertz CT molecular complexity index is 644. The van der Waals surface area contributed by atoms with Crippen LogP contribution < -0.4 is 5.32 Å². The maximum absolute atomic E-state index is 14.2. The Labute approximate surface area is 126 Å². The second-order valence-electron chi connectivity index (χ2n) is 4.74. The van der Waals surface area contributed by atoms with Crippen LogP contribution in [-0.4, -0.2) is 6.54 Å². The van der Waals surface area contributed by atoms with Crippen molar-refractivity contribution in [1.82, 2.24) is 5.32 Å². The molecule has 0 radical (unpaired) electrons. The SMILES string of the molecule is CCCNCc1ccc(-c2cc(F)c(F)cc2Cl)c(F)c1. The Morgan fingerprint density at radius 1 is 0.952 bits per heavy atom. The van der Waals surface area contributed by atoms with Gasteiger partial charge in [-0.15, -0.1) is 0 Å². The lowest BCUT2D eigenvalue weighted by molar-refractivity contribution is 0.509. The number of halogens is 4. The van der Waals surface area contributed by atoms with Crippen molar-refractivity contribution in [2.45, 2.75) is 19.9 Å². The Balaban J connectivity index is 2.31. The third-order valence-corrected chi connectivity index (χ3v) is 3.40. The summed E-state index contributed by atoms with van der Waals surface area (Å²) in [4.78, 5) is 0. The van der Waals surface area contributed by atoms with Gasteiger partial charge in [0.2, 0.25) is 0 Å². The second-order valence-corrected chi connectivity index (χ2v) is 5.14. The average molecular weight is 314 g/mol. The highest BCUT2D eigenvalue weighted by Crippen LogP contribution is 2.32. The molecule has 0 aliphatic heterocycles. The summed E-state index contributed by atoms with van der Waals surface area (Å²) in [6.07, 6.45) is 0.991. The van der Waals surface area contributed by atoms with Crippen LogP contribution >= 0.6 is 11.6 Å². The Morgan fingerprint density at radius 3 is 2.33 bits per heavy atom. The van der Waals surface area contributed by atoms with Crippen LogP contribution in [0.15, 0.2) is 30.3 Å². The molecule has 1 nitrogen and oxygen atoms in total. The summed E-state index contributed by atoms with van der Waals surface area (Å²) in [6.45, 7) is 3.44. The third kappa shape index (κ3) is 3.77. The molecular formula is C16H15ClF3N. The van der Waals surface area contributed by atoms with Gasteiger partial charge in [-0.25, -0.2) is 13.2 Å². The monoisotopic (exact) mass is 313 g/mol. The van der Waals surface area contributed by atoms with Crippen molar-refractivity contribution in [3.8, 4) is 11.1 Å². The first-order chi connectivity index (χ1) is 10.0. The molecule has 112 valence electrons. The highest BCUT2D eigenvalue weighted by Gasteiger charge is 2.13. The minimum Gasteiger partial charge on any atom is -0.313 e. The standard InChI is InChI=1S/C16H15ClF3N/c1-2-5-21-9-10-3-4-11(14(18)6-10)12-7-15(19)16(20)8-13(12)17/h3-4,6-8,21H,2,5,9H2,1H3. The number of hydrogen-bond donors (Lipinski definition) is 1. The molecule has 0 unspecified atom stereocenters. The van der Waals surface area contributed by atoms with Crippen LogP contribution in [0, 0.1) is 17.5 Å². The quantitative estimate of drug-likeness (QED) is 0.610. The third-order valence-electron chi connectivity index (χ3n) is 3.09. The summed E-state index contributed by atoms with van der Waals surface area (Å²) in [5, 5.41) is 3.14. The lowest BCUT2D eigenvalue weighted by atomic mass is 10.0. The lowest BCUT2D eigenvalue weighted by Gasteiger charge is -2.09. The van der Waals surface area contributed by atoms with Gasteiger partial charge >= 0.3 is 0 Å². The zero-order valence-corrected chi connectivity index (χ0v) is 12.3. The number of rotatable bonds is 5. The predicted octanol–water partition coefficient (Wildman–Crippen LogP) is 4.92. The van der Waals surface area contributed by atoms with Gasteiger partial charge in [0.25, 0.3) is 0 Å². The van der Waals surface area contributed by atoms with Crippen molar-refractivity contribution >= 4 is 11.6 Å². The van der Waals surface area contributed by atoms with Gasteiger partial charge in [0, 0.05) is 17.7 Å². The van der Waals surface area contributed by atoms with E-state index in [2.05, 4.69) is 5.32 Å². The van der Waals surface area contributed by atoms with E-state index in [9.17, 15) is 13.2 Å². The van der Waals surface area contributed by atoms with Crippen molar-refractivity contribution < 1.29 is 13.2 Å². The first-order valence-electron chi connectivity index (χ1n) is 6.67. The maximum Gasteiger partial charge on any atom is 0.160 e. The maximum atomic E-state index is 14.2. The molecule has 0 bridgehead atoms. The van der Waals surface area contributed by atoms with E-state index >= 15 is 0 Å². The van der Waals surface area contributed by atoms with E-state index in [4.69, 9.17) is 11.6 Å². The molecular weight excluding hydrogens is 299 g/mol. The Hall–Kier alpha value is -1.52. The van der Waals surface area contributed by atoms with Crippen LogP contribution in [0.25, 0.3) is 11.1 Å². The van der Waals surface area contributed by atoms with E-state index < -0.39 is 17.5 Å². The molecule has 21 heavy (non-hydrogen) atoms. The molecule has 0 aliphatic rings. The Kier molecular flexibility index (Phi) is 5.26. The van der Waals surface area contributed by atoms with E-state index in [-0.39, 0.29) is 16.1 Å². The second kappa shape index (κ2) is 6.96. The minimum absolute atomic E-state index is 0.0235. The van der Waals surface area contributed by atoms with Gasteiger partial charge in [-0.2, -0.15) is 0 Å². The average Bonchev–Trinajstić information content (AvgIpc) is 2.44. The van der Waals surface area contributed by atoms with Crippen LogP contribution in [0.2, 0.25) is 5.02 Å². The molecule has 0 aliphatic carbocycles. The highest BCUT2D eigenvalue weighted by atomic mass is 35.5. The summed E-state index contributed by atoms with van der Waals surface area (Å²) in [5.74, 6) is -2.62. The molecule has 5 heteroatoms. The van der Waals surface area contributed by atoms with Crippen LogP contribution in [0.3, 0.4) is 0 Å². The first-order valence-corrected chi connectivity index (χ1v) is 7.04. The summed E-state index contributed by atoms with van der Waals surface area (Å²) in [7, 11) is 0. The molecule has 0 fully saturated rings. The zero-order valence-electron chi connectivity index (χ0n) is 11.5. The van der Waals surface area contributed by atoms with Crippen molar-refractivity contribution in [3.63, 3.8) is 0 Å². The molecule has 0 aromatic heterocycles. The summed E-state index contributed by atoms with van der Waals surface area (Å²) in [6, 6.07) is 6.39. The Morgan fingerprint density at radius 2 is 1.67 bits per heavy atom. The number of hydrogen-bond acceptors (Lipinski definition) is 1. The van der Waals surface area contributed by atoms with E-state index in [1.165, 1.54) is 12.1 Å². The van der Waals surface area contributed by atoms with Gasteiger partial charge in [-0.3, -0.25) is 0 Å². The first kappa shape index (κ1) is 15.9. The van der Waals surface area contributed by atoms with Gasteiger partial charge in [-0.05, 0) is 36.7 Å².